The summed E-state index contributed by atoms with van der Waals surface area (Å²) in [5.41, 5.74) is 1.56. The number of halogens is 1. The summed E-state index contributed by atoms with van der Waals surface area (Å²) in [4.78, 5) is 26.1. The highest BCUT2D eigenvalue weighted by atomic mass is 35.5. The molecule has 1 aliphatic heterocycles. The topological polar surface area (TPSA) is 55.8 Å². The van der Waals surface area contributed by atoms with Crippen molar-refractivity contribution in [3.05, 3.63) is 64.7 Å². The second-order valence-corrected chi connectivity index (χ2v) is 7.82. The van der Waals surface area contributed by atoms with Crippen LogP contribution < -0.4 is 4.74 Å². The fourth-order valence-electron chi connectivity index (χ4n) is 2.73. The summed E-state index contributed by atoms with van der Waals surface area (Å²) in [6.07, 6.45) is 0. The normalized spacial score (nSPS) is 16.7. The maximum atomic E-state index is 12.7. The monoisotopic (exact) mass is 405 g/mol. The molecule has 0 spiro atoms. The predicted molar refractivity (Wildman–Crippen MR) is 106 cm³/mol. The molecule has 2 aromatic carbocycles. The summed E-state index contributed by atoms with van der Waals surface area (Å²) < 4.78 is 10.5. The van der Waals surface area contributed by atoms with Gasteiger partial charge in [0.15, 0.2) is 0 Å². The van der Waals surface area contributed by atoms with Gasteiger partial charge in [0.25, 0.3) is 5.91 Å². The van der Waals surface area contributed by atoms with Gasteiger partial charge in [0.2, 0.25) is 0 Å². The van der Waals surface area contributed by atoms with Gasteiger partial charge in [-0.25, -0.2) is 0 Å². The van der Waals surface area contributed by atoms with Gasteiger partial charge in [-0.2, -0.15) is 0 Å². The average molecular weight is 406 g/mol. The van der Waals surface area contributed by atoms with Gasteiger partial charge in [0, 0.05) is 29.4 Å². The van der Waals surface area contributed by atoms with Crippen molar-refractivity contribution in [2.75, 3.05) is 26.0 Å². The quantitative estimate of drug-likeness (QED) is 0.711. The van der Waals surface area contributed by atoms with E-state index < -0.39 is 0 Å². The molecule has 0 aliphatic carbocycles. The molecule has 3 rings (SSSR count). The van der Waals surface area contributed by atoms with Gasteiger partial charge in [-0.1, -0.05) is 23.7 Å². The van der Waals surface area contributed by atoms with Crippen molar-refractivity contribution in [3.8, 4) is 5.75 Å². The van der Waals surface area contributed by atoms with Gasteiger partial charge in [-0.15, -0.1) is 11.8 Å². The van der Waals surface area contributed by atoms with Crippen LogP contribution in [0.4, 0.5) is 0 Å². The van der Waals surface area contributed by atoms with Crippen LogP contribution in [-0.4, -0.2) is 48.0 Å². The summed E-state index contributed by atoms with van der Waals surface area (Å²) in [6, 6.07) is 14.5. The zero-order valence-electron chi connectivity index (χ0n) is 14.9. The van der Waals surface area contributed by atoms with Crippen LogP contribution in [0.5, 0.6) is 5.75 Å². The number of amides is 1. The Morgan fingerprint density at radius 2 is 1.85 bits per heavy atom. The van der Waals surface area contributed by atoms with Crippen LogP contribution >= 0.6 is 23.4 Å². The van der Waals surface area contributed by atoms with Crippen molar-refractivity contribution in [2.24, 2.45) is 0 Å². The van der Waals surface area contributed by atoms with Gasteiger partial charge in [-0.05, 0) is 42.0 Å². The Morgan fingerprint density at radius 1 is 1.15 bits per heavy atom. The molecule has 1 aliphatic rings. The zero-order chi connectivity index (χ0) is 19.2. The Balaban J connectivity index is 1.58. The molecule has 142 valence electrons. The Hall–Kier alpha value is -2.18. The Bertz CT molecular complexity index is 795. The molecule has 1 heterocycles. The van der Waals surface area contributed by atoms with E-state index in [1.165, 1.54) is 18.9 Å². The summed E-state index contributed by atoms with van der Waals surface area (Å²) in [5, 5.41) is 0.343. The van der Waals surface area contributed by atoms with Crippen molar-refractivity contribution in [2.45, 2.75) is 11.9 Å². The first kappa shape index (κ1) is 19.6. The smallest absolute Gasteiger partial charge is 0.320 e. The van der Waals surface area contributed by atoms with Crippen LogP contribution in [0.3, 0.4) is 0 Å². The molecule has 1 saturated heterocycles. The summed E-state index contributed by atoms with van der Waals surface area (Å²) in [6.45, 7) is 1.40. The third-order valence-electron chi connectivity index (χ3n) is 4.24. The van der Waals surface area contributed by atoms with Gasteiger partial charge in [-0.3, -0.25) is 9.59 Å². The molecule has 2 aromatic rings. The van der Waals surface area contributed by atoms with Crippen LogP contribution in [0.2, 0.25) is 5.02 Å². The minimum absolute atomic E-state index is 0.0747. The molecule has 0 radical (unpaired) electrons. The van der Waals surface area contributed by atoms with E-state index in [9.17, 15) is 9.59 Å². The lowest BCUT2D eigenvalue weighted by molar-refractivity contribution is -0.140. The van der Waals surface area contributed by atoms with Crippen molar-refractivity contribution in [1.29, 1.82) is 0 Å². The second kappa shape index (κ2) is 9.15. The Labute approximate surface area is 167 Å². The molecule has 7 heteroatoms. The zero-order valence-corrected chi connectivity index (χ0v) is 16.5. The molecule has 0 N–H and O–H groups in total. The molecule has 0 bridgehead atoms. The lowest BCUT2D eigenvalue weighted by Gasteiger charge is -2.31. The molecule has 0 saturated carbocycles. The molecule has 27 heavy (non-hydrogen) atoms. The van der Waals surface area contributed by atoms with Crippen molar-refractivity contribution in [3.63, 3.8) is 0 Å². The molecule has 0 unspecified atom stereocenters. The lowest BCUT2D eigenvalue weighted by atomic mass is 10.1. The molecule has 1 amide bonds. The third-order valence-corrected chi connectivity index (χ3v) is 5.65. The van der Waals surface area contributed by atoms with Crippen molar-refractivity contribution in [1.82, 2.24) is 4.90 Å². The Kier molecular flexibility index (Phi) is 6.63. The molecular weight excluding hydrogens is 386 g/mol. The van der Waals surface area contributed by atoms with Crippen LogP contribution in [0.15, 0.2) is 48.5 Å². The molecule has 1 atom stereocenters. The number of benzene rings is 2. The van der Waals surface area contributed by atoms with Gasteiger partial charge < -0.3 is 14.4 Å². The number of thioether (sulfide) groups is 1. The minimum atomic E-state index is -0.320. The fraction of sp³-hybridized carbons (Fsp3) is 0.300. The minimum Gasteiger partial charge on any atom is -0.489 e. The number of ether oxygens (including phenoxy) is 2. The van der Waals surface area contributed by atoms with Gasteiger partial charge in [0.05, 0.1) is 7.11 Å². The summed E-state index contributed by atoms with van der Waals surface area (Å²) >= 11 is 7.38. The molecular formula is C20H20ClNO4S. The van der Waals surface area contributed by atoms with E-state index in [1.54, 1.807) is 29.2 Å². The largest absolute Gasteiger partial charge is 0.489 e. The number of carbonyl (C=O) groups is 2. The highest BCUT2D eigenvalue weighted by Gasteiger charge is 2.30. The van der Waals surface area contributed by atoms with Crippen LogP contribution in [0, 0.1) is 0 Å². The number of hydrogen-bond donors (Lipinski definition) is 0. The summed E-state index contributed by atoms with van der Waals surface area (Å²) in [5.74, 6) is 1.10. The first-order chi connectivity index (χ1) is 13.1. The number of esters is 1. The number of carbonyl (C=O) groups excluding carboxylic acids is 2. The number of hydrogen-bond acceptors (Lipinski definition) is 5. The highest BCUT2D eigenvalue weighted by molar-refractivity contribution is 8.00. The van der Waals surface area contributed by atoms with Crippen LogP contribution in [0.25, 0.3) is 0 Å². The van der Waals surface area contributed by atoms with Crippen molar-refractivity contribution < 1.29 is 19.1 Å². The van der Waals surface area contributed by atoms with Crippen LogP contribution in [-0.2, 0) is 16.1 Å². The fourth-order valence-corrected chi connectivity index (χ4v) is 3.99. The molecule has 5 nitrogen and oxygen atoms in total. The lowest BCUT2D eigenvalue weighted by Crippen LogP contribution is -2.44. The predicted octanol–water partition coefficient (Wildman–Crippen LogP) is 3.65. The Morgan fingerprint density at radius 3 is 2.52 bits per heavy atom. The van der Waals surface area contributed by atoms with E-state index >= 15 is 0 Å². The number of nitrogens with zero attached hydrogens (tertiary/aromatic N) is 1. The SMILES string of the molecule is COC(=O)[C@@H]1CN(C(=O)c2ccc(COc3ccc(Cl)cc3)cc2)CCS1. The molecule has 0 aromatic heterocycles. The number of rotatable bonds is 5. The first-order valence-electron chi connectivity index (χ1n) is 8.53. The first-order valence-corrected chi connectivity index (χ1v) is 9.95. The standard InChI is InChI=1S/C20H20ClNO4S/c1-25-20(24)18-12-22(10-11-27-18)19(23)15-4-2-14(3-5-15)13-26-17-8-6-16(21)7-9-17/h2-9,18H,10-13H2,1H3/t18-/m0/s1. The van der Waals surface area contributed by atoms with E-state index in [2.05, 4.69) is 0 Å². The maximum absolute atomic E-state index is 12.7. The third kappa shape index (κ3) is 5.17. The van der Waals surface area contributed by atoms with E-state index in [0.29, 0.717) is 30.3 Å². The van der Waals surface area contributed by atoms with Crippen LogP contribution in [0.1, 0.15) is 15.9 Å². The van der Waals surface area contributed by atoms with Gasteiger partial charge >= 0.3 is 5.97 Å². The highest BCUT2D eigenvalue weighted by Crippen LogP contribution is 2.22. The molecule has 1 fully saturated rings. The maximum Gasteiger partial charge on any atom is 0.320 e. The summed E-state index contributed by atoms with van der Waals surface area (Å²) in [7, 11) is 1.37. The van der Waals surface area contributed by atoms with Crippen molar-refractivity contribution >= 4 is 35.2 Å². The van der Waals surface area contributed by atoms with E-state index in [4.69, 9.17) is 21.1 Å². The van der Waals surface area contributed by atoms with E-state index in [-0.39, 0.29) is 17.1 Å². The van der Waals surface area contributed by atoms with E-state index in [1.807, 2.05) is 24.3 Å². The second-order valence-electron chi connectivity index (χ2n) is 6.07. The average Bonchev–Trinajstić information content (AvgIpc) is 2.72. The van der Waals surface area contributed by atoms with Gasteiger partial charge in [0.1, 0.15) is 17.6 Å². The number of methoxy groups -OCH3 is 1. The van der Waals surface area contributed by atoms with E-state index in [0.717, 1.165) is 17.1 Å².